The Balaban J connectivity index is 2.23. The van der Waals surface area contributed by atoms with Crippen molar-refractivity contribution in [3.05, 3.63) is 29.8 Å². The molecule has 3 nitrogen and oxygen atoms in total. The Kier molecular flexibility index (Phi) is 7.19. The highest BCUT2D eigenvalue weighted by atomic mass is 16.5. The summed E-state index contributed by atoms with van der Waals surface area (Å²) in [6.45, 7) is 2.76. The van der Waals surface area contributed by atoms with E-state index in [2.05, 4.69) is 18.8 Å². The van der Waals surface area contributed by atoms with Crippen molar-refractivity contribution in [1.29, 1.82) is 0 Å². The maximum absolute atomic E-state index is 11.0. The molecule has 0 heterocycles. The van der Waals surface area contributed by atoms with Crippen molar-refractivity contribution < 1.29 is 9.53 Å². The molecule has 0 aromatic heterocycles. The maximum Gasteiger partial charge on any atom is 0.248 e. The molecule has 0 unspecified atom stereocenters. The first-order valence-corrected chi connectivity index (χ1v) is 6.72. The standard InChI is InChI=1S/C16H21NO2/c1-2-3-4-5-6-7-8-12-19-15-11-9-10-14(13-15)16(17)18/h9-11,13H,2-4,7-8,12H2,1H3,(H2,17,18). The molecule has 0 bridgehead atoms. The van der Waals surface area contributed by atoms with Crippen LogP contribution in [-0.4, -0.2) is 12.5 Å². The second-order valence-corrected chi connectivity index (χ2v) is 4.30. The van der Waals surface area contributed by atoms with Crippen molar-refractivity contribution in [3.8, 4) is 17.6 Å². The van der Waals surface area contributed by atoms with Crippen LogP contribution >= 0.6 is 0 Å². The van der Waals surface area contributed by atoms with E-state index >= 15 is 0 Å². The molecule has 3 heteroatoms. The number of rotatable bonds is 7. The number of unbranched alkanes of at least 4 members (excludes halogenated alkanes) is 3. The van der Waals surface area contributed by atoms with Crippen LogP contribution in [0.25, 0.3) is 0 Å². The summed E-state index contributed by atoms with van der Waals surface area (Å²) in [4.78, 5) is 11.0. The second-order valence-electron chi connectivity index (χ2n) is 4.30. The average Bonchev–Trinajstić information content (AvgIpc) is 2.42. The van der Waals surface area contributed by atoms with E-state index in [9.17, 15) is 4.79 Å². The summed E-state index contributed by atoms with van der Waals surface area (Å²) >= 11 is 0. The highest BCUT2D eigenvalue weighted by Gasteiger charge is 2.01. The van der Waals surface area contributed by atoms with Gasteiger partial charge in [-0.2, -0.15) is 0 Å². The Morgan fingerprint density at radius 2 is 2.00 bits per heavy atom. The lowest BCUT2D eigenvalue weighted by Crippen LogP contribution is -2.10. The minimum Gasteiger partial charge on any atom is -0.494 e. The van der Waals surface area contributed by atoms with E-state index in [0.29, 0.717) is 17.9 Å². The van der Waals surface area contributed by atoms with Gasteiger partial charge >= 0.3 is 0 Å². The zero-order valence-electron chi connectivity index (χ0n) is 11.4. The Morgan fingerprint density at radius 3 is 2.68 bits per heavy atom. The molecule has 0 aliphatic heterocycles. The van der Waals surface area contributed by atoms with Crippen LogP contribution in [0.5, 0.6) is 5.75 Å². The number of ether oxygens (including phenoxy) is 1. The number of carbonyl (C=O) groups excluding carboxylic acids is 1. The lowest BCUT2D eigenvalue weighted by Gasteiger charge is -2.05. The van der Waals surface area contributed by atoms with Gasteiger partial charge in [0.15, 0.2) is 0 Å². The van der Waals surface area contributed by atoms with Crippen LogP contribution in [-0.2, 0) is 0 Å². The minimum absolute atomic E-state index is 0.438. The predicted molar refractivity (Wildman–Crippen MR) is 77.0 cm³/mol. The fourth-order valence-corrected chi connectivity index (χ4v) is 1.53. The van der Waals surface area contributed by atoms with Crippen LogP contribution in [0.1, 0.15) is 49.4 Å². The summed E-state index contributed by atoms with van der Waals surface area (Å²) in [6.07, 6.45) is 5.08. The van der Waals surface area contributed by atoms with Gasteiger partial charge in [-0.1, -0.05) is 19.4 Å². The van der Waals surface area contributed by atoms with Gasteiger partial charge in [-0.25, -0.2) is 0 Å². The van der Waals surface area contributed by atoms with Crippen molar-refractivity contribution in [1.82, 2.24) is 0 Å². The molecule has 0 aliphatic rings. The normalized spacial score (nSPS) is 9.53. The molecule has 0 fully saturated rings. The lowest BCUT2D eigenvalue weighted by atomic mass is 10.2. The zero-order chi connectivity index (χ0) is 13.9. The molecule has 0 aliphatic carbocycles. The van der Waals surface area contributed by atoms with Gasteiger partial charge in [0.05, 0.1) is 6.61 Å². The van der Waals surface area contributed by atoms with E-state index in [1.807, 2.05) is 6.07 Å². The van der Waals surface area contributed by atoms with Gasteiger partial charge in [0, 0.05) is 18.4 Å². The summed E-state index contributed by atoms with van der Waals surface area (Å²) in [5.41, 5.74) is 5.67. The molecule has 1 rings (SSSR count). The van der Waals surface area contributed by atoms with Crippen LogP contribution < -0.4 is 10.5 Å². The van der Waals surface area contributed by atoms with Crippen molar-refractivity contribution in [2.75, 3.05) is 6.61 Å². The van der Waals surface area contributed by atoms with Crippen LogP contribution in [0, 0.1) is 11.8 Å². The first-order chi connectivity index (χ1) is 9.24. The Hall–Kier alpha value is -1.95. The lowest BCUT2D eigenvalue weighted by molar-refractivity contribution is 0.1000. The van der Waals surface area contributed by atoms with Crippen LogP contribution in [0.2, 0.25) is 0 Å². The third-order valence-electron chi connectivity index (χ3n) is 2.61. The van der Waals surface area contributed by atoms with E-state index in [-0.39, 0.29) is 0 Å². The molecule has 1 aromatic carbocycles. The quantitative estimate of drug-likeness (QED) is 0.604. The summed E-state index contributed by atoms with van der Waals surface area (Å²) < 4.78 is 5.55. The van der Waals surface area contributed by atoms with E-state index < -0.39 is 5.91 Å². The molecule has 102 valence electrons. The zero-order valence-corrected chi connectivity index (χ0v) is 11.4. The summed E-state index contributed by atoms with van der Waals surface area (Å²) in [5, 5.41) is 0. The van der Waals surface area contributed by atoms with Crippen LogP contribution in [0.15, 0.2) is 24.3 Å². The number of hydrogen-bond donors (Lipinski definition) is 1. The molecule has 0 saturated heterocycles. The predicted octanol–water partition coefficient (Wildman–Crippen LogP) is 3.14. The number of primary amides is 1. The van der Waals surface area contributed by atoms with E-state index in [0.717, 1.165) is 19.3 Å². The molecular formula is C16H21NO2. The fourth-order valence-electron chi connectivity index (χ4n) is 1.53. The third-order valence-corrected chi connectivity index (χ3v) is 2.61. The average molecular weight is 259 g/mol. The van der Waals surface area contributed by atoms with Gasteiger partial charge in [0.1, 0.15) is 5.75 Å². The first-order valence-electron chi connectivity index (χ1n) is 6.72. The molecule has 0 spiro atoms. The highest BCUT2D eigenvalue weighted by Crippen LogP contribution is 2.13. The Bertz CT molecular complexity index is 457. The number of benzene rings is 1. The van der Waals surface area contributed by atoms with Crippen molar-refractivity contribution in [2.24, 2.45) is 5.73 Å². The third kappa shape index (κ3) is 6.52. The van der Waals surface area contributed by atoms with Gasteiger partial charge < -0.3 is 10.5 Å². The number of carbonyl (C=O) groups is 1. The molecule has 1 aromatic rings. The second kappa shape index (κ2) is 9.04. The van der Waals surface area contributed by atoms with E-state index in [4.69, 9.17) is 10.5 Å². The fraction of sp³-hybridized carbons (Fsp3) is 0.438. The summed E-state index contributed by atoms with van der Waals surface area (Å²) in [5.74, 6) is 6.51. The smallest absolute Gasteiger partial charge is 0.248 e. The van der Waals surface area contributed by atoms with Crippen molar-refractivity contribution in [3.63, 3.8) is 0 Å². The molecular weight excluding hydrogens is 238 g/mol. The molecule has 0 saturated carbocycles. The molecule has 1 amide bonds. The van der Waals surface area contributed by atoms with Gasteiger partial charge in [-0.05, 0) is 31.0 Å². The SMILES string of the molecule is CCCCC#CCCCOc1cccc(C(N)=O)c1. The molecule has 0 radical (unpaired) electrons. The summed E-state index contributed by atoms with van der Waals surface area (Å²) in [7, 11) is 0. The van der Waals surface area contributed by atoms with Gasteiger partial charge in [0.2, 0.25) is 5.91 Å². The number of nitrogens with two attached hydrogens (primary N) is 1. The topological polar surface area (TPSA) is 52.3 Å². The minimum atomic E-state index is -0.438. The van der Waals surface area contributed by atoms with Gasteiger partial charge in [-0.15, -0.1) is 11.8 Å². The summed E-state index contributed by atoms with van der Waals surface area (Å²) in [6, 6.07) is 6.92. The molecule has 0 atom stereocenters. The van der Waals surface area contributed by atoms with Gasteiger partial charge in [0.25, 0.3) is 0 Å². The van der Waals surface area contributed by atoms with Crippen LogP contribution in [0.3, 0.4) is 0 Å². The number of amides is 1. The highest BCUT2D eigenvalue weighted by molar-refractivity contribution is 5.93. The maximum atomic E-state index is 11.0. The molecule has 19 heavy (non-hydrogen) atoms. The van der Waals surface area contributed by atoms with E-state index in [1.165, 1.54) is 12.8 Å². The molecule has 2 N–H and O–H groups in total. The Labute approximate surface area is 115 Å². The number of hydrogen-bond acceptors (Lipinski definition) is 2. The first kappa shape index (κ1) is 15.1. The van der Waals surface area contributed by atoms with Gasteiger partial charge in [-0.3, -0.25) is 4.79 Å². The monoisotopic (exact) mass is 259 g/mol. The van der Waals surface area contributed by atoms with Crippen molar-refractivity contribution >= 4 is 5.91 Å². The Morgan fingerprint density at radius 1 is 1.26 bits per heavy atom. The van der Waals surface area contributed by atoms with Crippen LogP contribution in [0.4, 0.5) is 0 Å². The van der Waals surface area contributed by atoms with Crippen molar-refractivity contribution in [2.45, 2.75) is 39.0 Å². The van der Waals surface area contributed by atoms with E-state index in [1.54, 1.807) is 18.2 Å². The largest absolute Gasteiger partial charge is 0.494 e.